The fourth-order valence-electron chi connectivity index (χ4n) is 4.20. The van der Waals surface area contributed by atoms with Crippen LogP contribution in [0.2, 0.25) is 0 Å². The van der Waals surface area contributed by atoms with E-state index < -0.39 is 0 Å². The summed E-state index contributed by atoms with van der Waals surface area (Å²) in [5.41, 5.74) is 0.188. The third kappa shape index (κ3) is 7.89. The summed E-state index contributed by atoms with van der Waals surface area (Å²) in [6.07, 6.45) is 5.44. The van der Waals surface area contributed by atoms with Crippen molar-refractivity contribution >= 4 is 29.9 Å². The predicted octanol–water partition coefficient (Wildman–Crippen LogP) is 3.34. The van der Waals surface area contributed by atoms with Crippen molar-refractivity contribution in [1.29, 1.82) is 0 Å². The molecular weight excluding hydrogens is 439 g/mol. The third-order valence-electron chi connectivity index (χ3n) is 5.44. The molecule has 2 N–H and O–H groups in total. The maximum Gasteiger partial charge on any atom is 0.190 e. The molecule has 0 radical (unpaired) electrons. The Hall–Kier alpha value is -0.0800. The minimum atomic E-state index is 0. The van der Waals surface area contributed by atoms with Crippen LogP contribution in [0, 0.1) is 17.3 Å². The molecule has 0 aromatic carbocycles. The Morgan fingerprint density at radius 1 is 1.19 bits per heavy atom. The molecule has 2 aliphatic heterocycles. The van der Waals surface area contributed by atoms with Gasteiger partial charge in [-0.25, -0.2) is 0 Å². The standard InChI is InChI=1S/C20H40N4O.HI/c1-16(15-24-10-6-7-11-24)13-22-19(21-5)23-14-17-9-8-12-25-18(17)20(2,3)4;/h16-18H,6-15H2,1-5H3,(H2,21,22,23);1H. The molecular formula is C20H41IN4O. The van der Waals surface area contributed by atoms with E-state index in [0.29, 0.717) is 17.9 Å². The lowest BCUT2D eigenvalue weighted by atomic mass is 9.78. The number of ether oxygens (including phenoxy) is 1. The summed E-state index contributed by atoms with van der Waals surface area (Å²) in [4.78, 5) is 6.98. The van der Waals surface area contributed by atoms with Crippen LogP contribution in [0.5, 0.6) is 0 Å². The highest BCUT2D eigenvalue weighted by molar-refractivity contribution is 14.0. The van der Waals surface area contributed by atoms with E-state index in [1.807, 2.05) is 7.05 Å². The lowest BCUT2D eigenvalue weighted by Crippen LogP contribution is -2.48. The Bertz CT molecular complexity index is 419. The average Bonchev–Trinajstić information content (AvgIpc) is 3.07. The van der Waals surface area contributed by atoms with Gasteiger partial charge >= 0.3 is 0 Å². The summed E-state index contributed by atoms with van der Waals surface area (Å²) in [6.45, 7) is 15.7. The summed E-state index contributed by atoms with van der Waals surface area (Å²) in [7, 11) is 1.86. The molecule has 26 heavy (non-hydrogen) atoms. The Morgan fingerprint density at radius 3 is 2.50 bits per heavy atom. The highest BCUT2D eigenvalue weighted by Crippen LogP contribution is 2.33. The van der Waals surface area contributed by atoms with Crippen molar-refractivity contribution in [3.63, 3.8) is 0 Å². The number of guanidine groups is 1. The number of hydrogen-bond donors (Lipinski definition) is 2. The molecule has 0 bridgehead atoms. The van der Waals surface area contributed by atoms with Crippen molar-refractivity contribution in [1.82, 2.24) is 15.5 Å². The van der Waals surface area contributed by atoms with Crippen LogP contribution in [-0.2, 0) is 4.74 Å². The lowest BCUT2D eigenvalue weighted by Gasteiger charge is -2.40. The largest absolute Gasteiger partial charge is 0.377 e. The Morgan fingerprint density at radius 2 is 1.88 bits per heavy atom. The summed E-state index contributed by atoms with van der Waals surface area (Å²) in [5.74, 6) is 2.11. The van der Waals surface area contributed by atoms with Crippen molar-refractivity contribution in [2.45, 2.75) is 59.5 Å². The smallest absolute Gasteiger partial charge is 0.190 e. The summed E-state index contributed by atoms with van der Waals surface area (Å²) in [6, 6.07) is 0. The van der Waals surface area contributed by atoms with E-state index in [4.69, 9.17) is 4.74 Å². The van der Waals surface area contributed by atoms with Gasteiger partial charge in [-0.15, -0.1) is 24.0 Å². The molecule has 2 fully saturated rings. The van der Waals surface area contributed by atoms with E-state index in [1.165, 1.54) is 38.9 Å². The fraction of sp³-hybridized carbons (Fsp3) is 0.950. The molecule has 2 rings (SSSR count). The van der Waals surface area contributed by atoms with E-state index in [-0.39, 0.29) is 29.4 Å². The Labute approximate surface area is 178 Å². The molecule has 0 aromatic heterocycles. The quantitative estimate of drug-likeness (QED) is 0.348. The number of likely N-dealkylation sites (tertiary alicyclic amines) is 1. The first-order valence-corrected chi connectivity index (χ1v) is 10.2. The van der Waals surface area contributed by atoms with Crippen LogP contribution < -0.4 is 10.6 Å². The number of hydrogen-bond acceptors (Lipinski definition) is 3. The molecule has 3 unspecified atom stereocenters. The first-order valence-electron chi connectivity index (χ1n) is 10.2. The predicted molar refractivity (Wildman–Crippen MR) is 122 cm³/mol. The van der Waals surface area contributed by atoms with E-state index in [2.05, 4.69) is 48.2 Å². The first-order chi connectivity index (χ1) is 11.9. The van der Waals surface area contributed by atoms with Crippen molar-refractivity contribution in [2.75, 3.05) is 46.4 Å². The Balaban J connectivity index is 0.00000338. The van der Waals surface area contributed by atoms with E-state index >= 15 is 0 Å². The molecule has 0 amide bonds. The zero-order chi connectivity index (χ0) is 18.3. The highest BCUT2D eigenvalue weighted by Gasteiger charge is 2.35. The minimum Gasteiger partial charge on any atom is -0.377 e. The monoisotopic (exact) mass is 480 g/mol. The van der Waals surface area contributed by atoms with Gasteiger partial charge in [0.05, 0.1) is 6.10 Å². The number of nitrogens with zero attached hydrogens (tertiary/aromatic N) is 2. The van der Waals surface area contributed by atoms with Crippen LogP contribution in [0.15, 0.2) is 4.99 Å². The number of nitrogens with one attached hydrogen (secondary N) is 2. The maximum atomic E-state index is 6.09. The zero-order valence-corrected chi connectivity index (χ0v) is 19.8. The summed E-state index contributed by atoms with van der Waals surface area (Å²) < 4.78 is 6.09. The number of rotatable bonds is 6. The summed E-state index contributed by atoms with van der Waals surface area (Å²) >= 11 is 0. The van der Waals surface area contributed by atoms with Crippen LogP contribution in [-0.4, -0.2) is 63.3 Å². The Kier molecular flexibility index (Phi) is 10.8. The van der Waals surface area contributed by atoms with E-state index in [0.717, 1.165) is 32.1 Å². The number of aliphatic imine (C=N–C) groups is 1. The van der Waals surface area contributed by atoms with Gasteiger partial charge in [-0.2, -0.15) is 0 Å². The topological polar surface area (TPSA) is 48.9 Å². The lowest BCUT2D eigenvalue weighted by molar-refractivity contribution is -0.0835. The van der Waals surface area contributed by atoms with Crippen LogP contribution in [0.1, 0.15) is 53.4 Å². The molecule has 0 aliphatic carbocycles. The molecule has 5 nitrogen and oxygen atoms in total. The average molecular weight is 480 g/mol. The van der Waals surface area contributed by atoms with Gasteiger partial charge in [0.2, 0.25) is 0 Å². The van der Waals surface area contributed by atoms with Gasteiger partial charge in [0.1, 0.15) is 0 Å². The van der Waals surface area contributed by atoms with Crippen molar-refractivity contribution < 1.29 is 4.74 Å². The fourth-order valence-corrected chi connectivity index (χ4v) is 4.20. The minimum absolute atomic E-state index is 0. The van der Waals surface area contributed by atoms with Crippen LogP contribution in [0.4, 0.5) is 0 Å². The molecule has 0 saturated carbocycles. The second kappa shape index (κ2) is 11.7. The SMILES string of the molecule is CN=C(NCC(C)CN1CCCC1)NCC1CCCOC1C(C)(C)C.I. The normalized spacial score (nSPS) is 26.3. The van der Waals surface area contributed by atoms with Gasteiger partial charge in [-0.1, -0.05) is 27.7 Å². The second-order valence-corrected chi connectivity index (χ2v) is 9.01. The molecule has 2 heterocycles. The van der Waals surface area contributed by atoms with Crippen molar-refractivity contribution in [3.05, 3.63) is 0 Å². The van der Waals surface area contributed by atoms with Gasteiger partial charge in [0.15, 0.2) is 5.96 Å². The van der Waals surface area contributed by atoms with Gasteiger partial charge in [-0.3, -0.25) is 4.99 Å². The van der Waals surface area contributed by atoms with Crippen LogP contribution in [0.25, 0.3) is 0 Å². The molecule has 2 aliphatic rings. The van der Waals surface area contributed by atoms with Crippen LogP contribution in [0.3, 0.4) is 0 Å². The molecule has 0 spiro atoms. The number of halogens is 1. The first kappa shape index (κ1) is 24.0. The maximum absolute atomic E-state index is 6.09. The molecule has 6 heteroatoms. The van der Waals surface area contributed by atoms with Gasteiger partial charge in [-0.05, 0) is 50.1 Å². The molecule has 3 atom stereocenters. The van der Waals surface area contributed by atoms with E-state index in [9.17, 15) is 0 Å². The zero-order valence-electron chi connectivity index (χ0n) is 17.5. The van der Waals surface area contributed by atoms with Gasteiger partial charge in [0.25, 0.3) is 0 Å². The molecule has 2 saturated heterocycles. The van der Waals surface area contributed by atoms with E-state index in [1.54, 1.807) is 0 Å². The summed E-state index contributed by atoms with van der Waals surface area (Å²) in [5, 5.41) is 7.04. The molecule has 154 valence electrons. The van der Waals surface area contributed by atoms with Crippen LogP contribution >= 0.6 is 24.0 Å². The van der Waals surface area contributed by atoms with Crippen molar-refractivity contribution in [3.8, 4) is 0 Å². The third-order valence-corrected chi connectivity index (χ3v) is 5.44. The van der Waals surface area contributed by atoms with Gasteiger partial charge < -0.3 is 20.3 Å². The van der Waals surface area contributed by atoms with Crippen molar-refractivity contribution in [2.24, 2.45) is 22.2 Å². The molecule has 0 aromatic rings. The van der Waals surface area contributed by atoms with Gasteiger partial charge in [0, 0.05) is 39.2 Å². The highest BCUT2D eigenvalue weighted by atomic mass is 127. The second-order valence-electron chi connectivity index (χ2n) is 9.01.